The Bertz CT molecular complexity index is 481. The van der Waals surface area contributed by atoms with Crippen LogP contribution in [-0.4, -0.2) is 23.3 Å². The summed E-state index contributed by atoms with van der Waals surface area (Å²) >= 11 is 0. The molecule has 1 fully saturated rings. The van der Waals surface area contributed by atoms with Crippen LogP contribution in [0, 0.1) is 5.92 Å². The summed E-state index contributed by atoms with van der Waals surface area (Å²) in [6.07, 6.45) is 7.11. The second-order valence-electron chi connectivity index (χ2n) is 5.00. The van der Waals surface area contributed by atoms with Crippen LogP contribution in [0.2, 0.25) is 0 Å². The second kappa shape index (κ2) is 4.88. The van der Waals surface area contributed by atoms with Crippen LogP contribution in [0.5, 0.6) is 0 Å². The van der Waals surface area contributed by atoms with Gasteiger partial charge in [-0.3, -0.25) is 5.10 Å². The van der Waals surface area contributed by atoms with Crippen molar-refractivity contribution in [3.63, 3.8) is 0 Å². The Hall–Kier alpha value is -1.35. The summed E-state index contributed by atoms with van der Waals surface area (Å²) in [6, 6.07) is 6.47. The zero-order chi connectivity index (χ0) is 11.5. The van der Waals surface area contributed by atoms with E-state index in [0.717, 1.165) is 11.4 Å². The van der Waals surface area contributed by atoms with Crippen molar-refractivity contribution in [2.24, 2.45) is 5.92 Å². The van der Waals surface area contributed by atoms with E-state index in [1.807, 2.05) is 6.20 Å². The van der Waals surface area contributed by atoms with Gasteiger partial charge in [0.25, 0.3) is 0 Å². The molecule has 2 heterocycles. The fourth-order valence-electron chi connectivity index (χ4n) is 2.81. The van der Waals surface area contributed by atoms with Crippen LogP contribution in [0.3, 0.4) is 0 Å². The SMILES string of the molecule is c1cc(CC2CCCNCC2)c2cn[nH]c2c1. The number of fused-ring (bicyclic) bond motifs is 1. The Morgan fingerprint density at radius 1 is 1.24 bits per heavy atom. The molecule has 0 saturated carbocycles. The van der Waals surface area contributed by atoms with Crippen molar-refractivity contribution in [1.82, 2.24) is 15.5 Å². The van der Waals surface area contributed by atoms with Gasteiger partial charge in [0.1, 0.15) is 0 Å². The van der Waals surface area contributed by atoms with Crippen LogP contribution in [0.1, 0.15) is 24.8 Å². The van der Waals surface area contributed by atoms with E-state index in [-0.39, 0.29) is 0 Å². The third-order valence-corrected chi connectivity index (χ3v) is 3.78. The van der Waals surface area contributed by atoms with Gasteiger partial charge in [-0.2, -0.15) is 5.10 Å². The van der Waals surface area contributed by atoms with Gasteiger partial charge in [0.2, 0.25) is 0 Å². The van der Waals surface area contributed by atoms with Gasteiger partial charge in [-0.05, 0) is 56.3 Å². The van der Waals surface area contributed by atoms with Crippen molar-refractivity contribution in [3.05, 3.63) is 30.0 Å². The highest BCUT2D eigenvalue weighted by atomic mass is 15.1. The van der Waals surface area contributed by atoms with E-state index in [2.05, 4.69) is 33.7 Å². The van der Waals surface area contributed by atoms with Crippen LogP contribution in [0.15, 0.2) is 24.4 Å². The van der Waals surface area contributed by atoms with E-state index >= 15 is 0 Å². The number of nitrogens with zero attached hydrogens (tertiary/aromatic N) is 1. The van der Waals surface area contributed by atoms with Crippen molar-refractivity contribution in [2.45, 2.75) is 25.7 Å². The Kier molecular flexibility index (Phi) is 3.10. The molecule has 90 valence electrons. The molecule has 0 spiro atoms. The number of rotatable bonds is 2. The molecular weight excluding hydrogens is 210 g/mol. The van der Waals surface area contributed by atoms with Crippen molar-refractivity contribution in [1.29, 1.82) is 0 Å². The summed E-state index contributed by atoms with van der Waals surface area (Å²) in [4.78, 5) is 0. The van der Waals surface area contributed by atoms with Gasteiger partial charge in [-0.1, -0.05) is 12.1 Å². The molecule has 1 atom stereocenters. The normalized spacial score (nSPS) is 21.5. The molecule has 0 bridgehead atoms. The van der Waals surface area contributed by atoms with Crippen LogP contribution < -0.4 is 5.32 Å². The Labute approximate surface area is 102 Å². The minimum atomic E-state index is 0.825. The van der Waals surface area contributed by atoms with E-state index in [4.69, 9.17) is 0 Å². The Balaban J connectivity index is 1.81. The number of benzene rings is 1. The van der Waals surface area contributed by atoms with Gasteiger partial charge in [0.05, 0.1) is 11.7 Å². The lowest BCUT2D eigenvalue weighted by atomic mass is 9.91. The van der Waals surface area contributed by atoms with Gasteiger partial charge in [0, 0.05) is 5.39 Å². The van der Waals surface area contributed by atoms with E-state index in [1.54, 1.807) is 0 Å². The molecule has 17 heavy (non-hydrogen) atoms. The summed E-state index contributed by atoms with van der Waals surface area (Å²) in [5.74, 6) is 0.825. The largest absolute Gasteiger partial charge is 0.317 e. The highest BCUT2D eigenvalue weighted by molar-refractivity contribution is 5.81. The maximum Gasteiger partial charge on any atom is 0.0653 e. The van der Waals surface area contributed by atoms with Crippen molar-refractivity contribution in [2.75, 3.05) is 13.1 Å². The molecular formula is C14H19N3. The van der Waals surface area contributed by atoms with Gasteiger partial charge in [-0.25, -0.2) is 0 Å². The maximum atomic E-state index is 4.14. The lowest BCUT2D eigenvalue weighted by Crippen LogP contribution is -2.14. The molecule has 1 aromatic carbocycles. The highest BCUT2D eigenvalue weighted by Crippen LogP contribution is 2.24. The predicted octanol–water partition coefficient (Wildman–Crippen LogP) is 2.50. The van der Waals surface area contributed by atoms with Crippen LogP contribution >= 0.6 is 0 Å². The first-order valence-corrected chi connectivity index (χ1v) is 6.55. The van der Waals surface area contributed by atoms with E-state index in [9.17, 15) is 0 Å². The summed E-state index contributed by atoms with van der Waals surface area (Å²) in [7, 11) is 0. The number of H-pyrrole nitrogens is 1. The second-order valence-corrected chi connectivity index (χ2v) is 5.00. The van der Waals surface area contributed by atoms with Crippen LogP contribution in [-0.2, 0) is 6.42 Å². The molecule has 1 aliphatic rings. The van der Waals surface area contributed by atoms with Gasteiger partial charge in [0.15, 0.2) is 0 Å². The standard InChI is InChI=1S/C14H19N3/c1-4-12(13-10-16-17-14(13)5-1)9-11-3-2-7-15-8-6-11/h1,4-5,10-11,15H,2-3,6-9H2,(H,16,17). The predicted molar refractivity (Wildman–Crippen MR) is 70.0 cm³/mol. The van der Waals surface area contributed by atoms with E-state index in [0.29, 0.717) is 0 Å². The number of aromatic nitrogens is 2. The number of aromatic amines is 1. The maximum absolute atomic E-state index is 4.14. The molecule has 0 amide bonds. The van der Waals surface area contributed by atoms with Crippen LogP contribution in [0.4, 0.5) is 0 Å². The molecule has 0 aliphatic carbocycles. The van der Waals surface area contributed by atoms with Gasteiger partial charge >= 0.3 is 0 Å². The fraction of sp³-hybridized carbons (Fsp3) is 0.500. The lowest BCUT2D eigenvalue weighted by Gasteiger charge is -2.13. The molecule has 1 unspecified atom stereocenters. The van der Waals surface area contributed by atoms with Crippen LogP contribution in [0.25, 0.3) is 10.9 Å². The zero-order valence-electron chi connectivity index (χ0n) is 10.1. The molecule has 1 saturated heterocycles. The molecule has 1 aromatic heterocycles. The molecule has 2 N–H and O–H groups in total. The number of hydrogen-bond acceptors (Lipinski definition) is 2. The Morgan fingerprint density at radius 3 is 3.24 bits per heavy atom. The summed E-state index contributed by atoms with van der Waals surface area (Å²) in [6.45, 7) is 2.36. The third-order valence-electron chi connectivity index (χ3n) is 3.78. The molecule has 3 nitrogen and oxygen atoms in total. The molecule has 0 radical (unpaired) electrons. The first-order chi connectivity index (χ1) is 8.43. The minimum absolute atomic E-state index is 0.825. The quantitative estimate of drug-likeness (QED) is 0.830. The number of nitrogens with one attached hydrogen (secondary N) is 2. The monoisotopic (exact) mass is 229 g/mol. The van der Waals surface area contributed by atoms with E-state index in [1.165, 1.54) is 49.7 Å². The smallest absolute Gasteiger partial charge is 0.0653 e. The summed E-state index contributed by atoms with van der Waals surface area (Å²) < 4.78 is 0. The number of hydrogen-bond donors (Lipinski definition) is 2. The minimum Gasteiger partial charge on any atom is -0.317 e. The summed E-state index contributed by atoms with van der Waals surface area (Å²) in [5, 5.41) is 12.0. The van der Waals surface area contributed by atoms with Gasteiger partial charge in [-0.15, -0.1) is 0 Å². The summed E-state index contributed by atoms with van der Waals surface area (Å²) in [5.41, 5.74) is 2.61. The molecule has 2 aromatic rings. The zero-order valence-corrected chi connectivity index (χ0v) is 10.1. The highest BCUT2D eigenvalue weighted by Gasteiger charge is 2.14. The lowest BCUT2D eigenvalue weighted by molar-refractivity contribution is 0.471. The van der Waals surface area contributed by atoms with E-state index < -0.39 is 0 Å². The first kappa shape index (κ1) is 10.8. The first-order valence-electron chi connectivity index (χ1n) is 6.55. The fourth-order valence-corrected chi connectivity index (χ4v) is 2.81. The molecule has 3 heteroatoms. The van der Waals surface area contributed by atoms with Crippen molar-refractivity contribution >= 4 is 10.9 Å². The molecule has 3 rings (SSSR count). The average molecular weight is 229 g/mol. The average Bonchev–Trinajstić information content (AvgIpc) is 2.69. The van der Waals surface area contributed by atoms with Crippen molar-refractivity contribution < 1.29 is 0 Å². The van der Waals surface area contributed by atoms with Gasteiger partial charge < -0.3 is 5.32 Å². The third kappa shape index (κ3) is 2.34. The molecule has 1 aliphatic heterocycles. The Morgan fingerprint density at radius 2 is 2.24 bits per heavy atom. The topological polar surface area (TPSA) is 40.7 Å². The van der Waals surface area contributed by atoms with Crippen molar-refractivity contribution in [3.8, 4) is 0 Å².